The van der Waals surface area contributed by atoms with Crippen molar-refractivity contribution in [3.8, 4) is 5.69 Å². The summed E-state index contributed by atoms with van der Waals surface area (Å²) in [7, 11) is 0. The minimum absolute atomic E-state index is 0.161. The molecule has 0 bridgehead atoms. The predicted octanol–water partition coefficient (Wildman–Crippen LogP) is 3.67. The van der Waals surface area contributed by atoms with E-state index in [1.807, 2.05) is 0 Å². The van der Waals surface area contributed by atoms with Gasteiger partial charge >= 0.3 is 6.03 Å². The maximum absolute atomic E-state index is 13.0. The topological polar surface area (TPSA) is 76.0 Å². The third-order valence-electron chi connectivity index (χ3n) is 3.26. The average molecular weight is 359 g/mol. The van der Waals surface area contributed by atoms with Gasteiger partial charge in [-0.05, 0) is 42.5 Å². The molecule has 0 aliphatic rings. The van der Waals surface area contributed by atoms with Crippen LogP contribution in [0.25, 0.3) is 5.69 Å². The molecule has 0 aliphatic carbocycles. The first-order valence-corrected chi connectivity index (χ1v) is 7.58. The quantitative estimate of drug-likeness (QED) is 0.750. The first-order valence-electron chi connectivity index (χ1n) is 7.20. The molecular formula is C17H12ClFN4O2. The van der Waals surface area contributed by atoms with Crippen molar-refractivity contribution in [1.82, 2.24) is 9.55 Å². The number of aromatic nitrogens is 2. The summed E-state index contributed by atoms with van der Waals surface area (Å²) in [4.78, 5) is 28.3. The van der Waals surface area contributed by atoms with Crippen LogP contribution in [0.5, 0.6) is 0 Å². The Morgan fingerprint density at radius 2 is 1.88 bits per heavy atom. The summed E-state index contributed by atoms with van der Waals surface area (Å²) in [6.45, 7) is 0. The summed E-state index contributed by atoms with van der Waals surface area (Å²) < 4.78 is 14.3. The van der Waals surface area contributed by atoms with E-state index in [0.29, 0.717) is 16.4 Å². The molecule has 6 nitrogen and oxygen atoms in total. The van der Waals surface area contributed by atoms with Crippen LogP contribution in [0.2, 0.25) is 5.02 Å². The van der Waals surface area contributed by atoms with Crippen LogP contribution in [-0.2, 0) is 0 Å². The van der Waals surface area contributed by atoms with Crippen molar-refractivity contribution in [2.24, 2.45) is 0 Å². The fourth-order valence-corrected chi connectivity index (χ4v) is 2.33. The van der Waals surface area contributed by atoms with Crippen LogP contribution in [0.15, 0.2) is 65.7 Å². The van der Waals surface area contributed by atoms with Crippen LogP contribution >= 0.6 is 11.6 Å². The van der Waals surface area contributed by atoms with E-state index in [2.05, 4.69) is 15.6 Å². The van der Waals surface area contributed by atoms with Crippen molar-refractivity contribution in [1.29, 1.82) is 0 Å². The number of nitrogens with one attached hydrogen (secondary N) is 2. The minimum Gasteiger partial charge on any atom is -0.308 e. The number of carbonyl (C=O) groups is 1. The second kappa shape index (κ2) is 7.14. The molecule has 0 aliphatic heterocycles. The van der Waals surface area contributed by atoms with Crippen LogP contribution in [0.4, 0.5) is 20.7 Å². The Labute approximate surface area is 146 Å². The lowest BCUT2D eigenvalue weighted by molar-refractivity contribution is 0.262. The smallest absolute Gasteiger partial charge is 0.308 e. The standard InChI is InChI=1S/C17H12ClFN4O2/c18-11-2-1-3-13(10-11)21-17(25)22-15-16(24)23(9-8-20-15)14-6-4-12(19)5-7-14/h1-10H,(H2,20,21,22,25). The van der Waals surface area contributed by atoms with E-state index in [9.17, 15) is 14.0 Å². The number of hydrogen-bond donors (Lipinski definition) is 2. The summed E-state index contributed by atoms with van der Waals surface area (Å²) >= 11 is 5.85. The Morgan fingerprint density at radius 1 is 1.12 bits per heavy atom. The van der Waals surface area contributed by atoms with Gasteiger partial charge in [-0.3, -0.25) is 14.7 Å². The van der Waals surface area contributed by atoms with E-state index in [1.165, 1.54) is 41.2 Å². The fourth-order valence-electron chi connectivity index (χ4n) is 2.14. The summed E-state index contributed by atoms with van der Waals surface area (Å²) in [6.07, 6.45) is 2.79. The van der Waals surface area contributed by atoms with E-state index >= 15 is 0 Å². The molecule has 1 aromatic heterocycles. The van der Waals surface area contributed by atoms with Crippen molar-refractivity contribution in [2.75, 3.05) is 10.6 Å². The zero-order chi connectivity index (χ0) is 17.8. The third kappa shape index (κ3) is 4.02. The maximum Gasteiger partial charge on any atom is 0.325 e. The van der Waals surface area contributed by atoms with Gasteiger partial charge in [0.1, 0.15) is 5.82 Å². The predicted molar refractivity (Wildman–Crippen MR) is 93.9 cm³/mol. The maximum atomic E-state index is 13.0. The molecule has 0 atom stereocenters. The van der Waals surface area contributed by atoms with E-state index < -0.39 is 17.4 Å². The SMILES string of the molecule is O=C(Nc1cccc(Cl)c1)Nc1nccn(-c2ccc(F)cc2)c1=O. The van der Waals surface area contributed by atoms with Crippen molar-refractivity contribution >= 4 is 29.1 Å². The number of halogens is 2. The zero-order valence-corrected chi connectivity index (χ0v) is 13.5. The molecule has 0 spiro atoms. The molecular weight excluding hydrogens is 347 g/mol. The Kier molecular flexibility index (Phi) is 4.76. The van der Waals surface area contributed by atoms with Gasteiger partial charge in [0.05, 0.1) is 0 Å². The lowest BCUT2D eigenvalue weighted by atomic mass is 10.3. The number of carbonyl (C=O) groups excluding carboxylic acids is 1. The summed E-state index contributed by atoms with van der Waals surface area (Å²) in [5, 5.41) is 5.41. The molecule has 0 saturated heterocycles. The normalized spacial score (nSPS) is 10.3. The van der Waals surface area contributed by atoms with E-state index in [1.54, 1.807) is 24.3 Å². The number of urea groups is 1. The molecule has 126 valence electrons. The number of anilines is 2. The number of hydrogen-bond acceptors (Lipinski definition) is 3. The molecule has 2 amide bonds. The molecule has 8 heteroatoms. The van der Waals surface area contributed by atoms with Crippen molar-refractivity contribution in [3.63, 3.8) is 0 Å². The van der Waals surface area contributed by atoms with Gasteiger partial charge in [-0.15, -0.1) is 0 Å². The highest BCUT2D eigenvalue weighted by Crippen LogP contribution is 2.15. The van der Waals surface area contributed by atoms with Crippen LogP contribution in [0.1, 0.15) is 0 Å². The molecule has 0 radical (unpaired) electrons. The molecule has 0 unspecified atom stereocenters. The van der Waals surface area contributed by atoms with Gasteiger partial charge in [-0.25, -0.2) is 14.2 Å². The minimum atomic E-state index is -0.635. The van der Waals surface area contributed by atoms with Gasteiger partial charge < -0.3 is 5.32 Å². The van der Waals surface area contributed by atoms with E-state index in [-0.39, 0.29) is 5.82 Å². The van der Waals surface area contributed by atoms with Crippen molar-refractivity contribution in [2.45, 2.75) is 0 Å². The summed E-state index contributed by atoms with van der Waals surface area (Å²) in [6, 6.07) is 11.3. The molecule has 0 saturated carbocycles. The molecule has 2 aromatic carbocycles. The molecule has 3 aromatic rings. The molecule has 2 N–H and O–H groups in total. The van der Waals surface area contributed by atoms with Gasteiger partial charge in [0.15, 0.2) is 0 Å². The molecule has 0 fully saturated rings. The first kappa shape index (κ1) is 16.7. The van der Waals surface area contributed by atoms with E-state index in [4.69, 9.17) is 11.6 Å². The van der Waals surface area contributed by atoms with Gasteiger partial charge in [0.25, 0.3) is 5.56 Å². The highest BCUT2D eigenvalue weighted by Gasteiger charge is 2.10. The lowest BCUT2D eigenvalue weighted by Gasteiger charge is -2.09. The Hall–Kier alpha value is -3.19. The van der Waals surface area contributed by atoms with Crippen LogP contribution in [0, 0.1) is 5.82 Å². The zero-order valence-electron chi connectivity index (χ0n) is 12.7. The van der Waals surface area contributed by atoms with Gasteiger partial charge in [0, 0.05) is 28.8 Å². The van der Waals surface area contributed by atoms with Crippen LogP contribution in [-0.4, -0.2) is 15.6 Å². The number of rotatable bonds is 3. The molecule has 25 heavy (non-hydrogen) atoms. The van der Waals surface area contributed by atoms with Crippen molar-refractivity contribution in [3.05, 3.63) is 82.1 Å². The van der Waals surface area contributed by atoms with Gasteiger partial charge in [-0.1, -0.05) is 17.7 Å². The fraction of sp³-hybridized carbons (Fsp3) is 0. The average Bonchev–Trinajstić information content (AvgIpc) is 2.58. The monoisotopic (exact) mass is 358 g/mol. The van der Waals surface area contributed by atoms with E-state index in [0.717, 1.165) is 0 Å². The highest BCUT2D eigenvalue weighted by molar-refractivity contribution is 6.30. The second-order valence-corrected chi connectivity index (χ2v) is 5.45. The first-order chi connectivity index (χ1) is 12.0. The van der Waals surface area contributed by atoms with Crippen LogP contribution in [0.3, 0.4) is 0 Å². The summed E-state index contributed by atoms with van der Waals surface area (Å²) in [5.74, 6) is -0.573. The van der Waals surface area contributed by atoms with Gasteiger partial charge in [-0.2, -0.15) is 0 Å². The third-order valence-corrected chi connectivity index (χ3v) is 3.50. The number of benzene rings is 2. The lowest BCUT2D eigenvalue weighted by Crippen LogP contribution is -2.28. The Morgan fingerprint density at radius 3 is 2.60 bits per heavy atom. The van der Waals surface area contributed by atoms with Gasteiger partial charge in [0.2, 0.25) is 5.82 Å². The van der Waals surface area contributed by atoms with Crippen molar-refractivity contribution < 1.29 is 9.18 Å². The van der Waals surface area contributed by atoms with Crippen LogP contribution < -0.4 is 16.2 Å². The largest absolute Gasteiger partial charge is 0.325 e. The summed E-state index contributed by atoms with van der Waals surface area (Å²) in [5.41, 5.74) is 0.377. The Balaban J connectivity index is 1.81. The second-order valence-electron chi connectivity index (χ2n) is 5.02. The highest BCUT2D eigenvalue weighted by atomic mass is 35.5. The number of amides is 2. The Bertz CT molecular complexity index is 973. The molecule has 1 heterocycles. The number of nitrogens with zero attached hydrogens (tertiary/aromatic N) is 2. The molecule has 3 rings (SSSR count).